The third kappa shape index (κ3) is 8.40. The zero-order valence-electron chi connectivity index (χ0n) is 43.1. The van der Waals surface area contributed by atoms with Gasteiger partial charge in [0.05, 0.1) is 17.1 Å². The molecule has 3 heteroatoms. The molecule has 10 rings (SSSR count). The molecule has 0 aliphatic heterocycles. The van der Waals surface area contributed by atoms with Crippen molar-refractivity contribution in [3.8, 4) is 101 Å². The summed E-state index contributed by atoms with van der Waals surface area (Å²) in [5.74, 6) is 0. The molecule has 66 heavy (non-hydrogen) atoms. The highest BCUT2D eigenvalue weighted by Gasteiger charge is 2.20. The fourth-order valence-corrected chi connectivity index (χ4v) is 8.93. The third-order valence-corrected chi connectivity index (χ3v) is 12.2. The van der Waals surface area contributed by atoms with E-state index in [1.54, 1.807) is 39.4 Å². The van der Waals surface area contributed by atoms with Crippen LogP contribution in [0, 0.1) is 0 Å². The lowest BCUT2D eigenvalue weighted by Crippen LogP contribution is -1.97. The molecule has 0 saturated carbocycles. The minimum atomic E-state index is -1.72. The number of aryl methyl sites for hydroxylation is 3. The Hall–Kier alpha value is -8.01. The Kier molecular flexibility index (Phi) is 10.2. The fraction of sp³-hybridized carbons (Fsp3) is 0.0952. The zero-order valence-corrected chi connectivity index (χ0v) is 37.1. The molecule has 0 saturated heterocycles. The topological polar surface area (TPSA) is 38.7 Å². The van der Waals surface area contributed by atoms with Crippen LogP contribution < -0.4 is 0 Å². The molecule has 3 heterocycles. The van der Waals surface area contributed by atoms with Crippen molar-refractivity contribution in [2.45, 2.75) is 39.9 Å². The van der Waals surface area contributed by atoms with E-state index in [1.165, 1.54) is 0 Å². The average Bonchev–Trinajstić information content (AvgIpc) is 3.40. The molecule has 0 unspecified atom stereocenters. The predicted molar refractivity (Wildman–Crippen MR) is 277 cm³/mol. The Labute approximate surface area is 397 Å². The molecule has 0 radical (unpaired) electrons. The molecule has 0 amide bonds. The van der Waals surface area contributed by atoms with Crippen molar-refractivity contribution in [3.63, 3.8) is 0 Å². The highest BCUT2D eigenvalue weighted by atomic mass is 14.7. The number of pyridine rings is 3. The minimum Gasteiger partial charge on any atom is -0.256 e. The van der Waals surface area contributed by atoms with Crippen LogP contribution in [0.4, 0.5) is 0 Å². The summed E-state index contributed by atoms with van der Waals surface area (Å²) < 4.78 is 54.7. The Bertz CT molecular complexity index is 3190. The van der Waals surface area contributed by atoms with E-state index in [4.69, 9.17) is 23.2 Å². The highest BCUT2D eigenvalue weighted by molar-refractivity contribution is 5.95. The minimum absolute atomic E-state index is 0.511. The number of aromatic nitrogens is 3. The van der Waals surface area contributed by atoms with E-state index in [2.05, 4.69) is 36.4 Å². The SMILES string of the molecule is [2H]C([2H])(C)c1cc(-c2ccccc2)ncc1-c1ccccc1-c1cc(-c2ccccc2-c2cnc(-c3ccccc3)cc2C([2H])([2H])C)cc(-c2ccccc2-c2cnc(-c3ccccc3)cc2C([2H])([2H])C)c1. The summed E-state index contributed by atoms with van der Waals surface area (Å²) >= 11 is 0. The standard InChI is InChI=1S/C63H51N3/c1-4-43-37-61(46-22-10-7-11-23-46)64-40-58(43)55-31-19-16-28-52(55)49-34-50(53-29-17-20-32-56(53)59-41-65-62(38-44(59)5-2)47-24-12-8-13-25-47)36-51(35-49)54-30-18-21-33-57(54)60-42-66-63(39-45(60)6-3)48-26-14-9-15-27-48/h7-42H,4-6H2,1-3H3/i4D2,5D2,6D2. The monoisotopic (exact) mass is 855 g/mol. The molecule has 0 N–H and O–H groups in total. The molecular formula is C63H51N3. The van der Waals surface area contributed by atoms with Crippen molar-refractivity contribution in [3.05, 3.63) is 235 Å². The second-order valence-electron chi connectivity index (χ2n) is 16.1. The lowest BCUT2D eigenvalue weighted by atomic mass is 9.85. The second kappa shape index (κ2) is 19.0. The van der Waals surface area contributed by atoms with Crippen LogP contribution in [0.5, 0.6) is 0 Å². The van der Waals surface area contributed by atoms with E-state index in [0.717, 1.165) is 66.8 Å². The quantitative estimate of drug-likeness (QED) is 0.123. The van der Waals surface area contributed by atoms with Gasteiger partial charge >= 0.3 is 0 Å². The Morgan fingerprint density at radius 1 is 0.273 bits per heavy atom. The molecule has 318 valence electrons. The lowest BCUT2D eigenvalue weighted by molar-refractivity contribution is 1.12. The first-order valence-electron chi connectivity index (χ1n) is 25.2. The van der Waals surface area contributed by atoms with Crippen molar-refractivity contribution in [1.82, 2.24) is 15.0 Å². The molecule has 0 aliphatic rings. The number of nitrogens with zero attached hydrogens (tertiary/aromatic N) is 3. The molecule has 3 nitrogen and oxygen atoms in total. The van der Waals surface area contributed by atoms with E-state index in [9.17, 15) is 0 Å². The lowest BCUT2D eigenvalue weighted by Gasteiger charge is -2.20. The van der Waals surface area contributed by atoms with Crippen molar-refractivity contribution >= 4 is 0 Å². The third-order valence-electron chi connectivity index (χ3n) is 12.2. The van der Waals surface area contributed by atoms with Crippen molar-refractivity contribution < 1.29 is 8.22 Å². The normalized spacial score (nSPS) is 13.1. The molecule has 7 aromatic carbocycles. The molecule has 3 aromatic heterocycles. The maximum absolute atomic E-state index is 9.12. The first-order valence-corrected chi connectivity index (χ1v) is 22.2. The first-order chi connectivity index (χ1) is 34.6. The Morgan fingerprint density at radius 3 is 0.773 bits per heavy atom. The fourth-order valence-electron chi connectivity index (χ4n) is 8.93. The summed E-state index contributed by atoms with van der Waals surface area (Å²) in [7, 11) is 0. The molecule has 0 spiro atoms. The molecule has 0 aliphatic carbocycles. The van der Waals surface area contributed by atoms with Gasteiger partial charge in [0.2, 0.25) is 0 Å². The number of hydrogen-bond donors (Lipinski definition) is 0. The van der Waals surface area contributed by atoms with E-state index in [1.807, 2.05) is 164 Å². The van der Waals surface area contributed by atoms with Gasteiger partial charge in [0, 0.05) is 60.2 Å². The largest absolute Gasteiger partial charge is 0.256 e. The van der Waals surface area contributed by atoms with Gasteiger partial charge in [-0.25, -0.2) is 0 Å². The molecule has 0 atom stereocenters. The second-order valence-corrected chi connectivity index (χ2v) is 16.1. The summed E-state index contributed by atoms with van der Waals surface area (Å²) in [5, 5.41) is 0. The summed E-state index contributed by atoms with van der Waals surface area (Å²) in [6.07, 6.45) is 0.178. The number of benzene rings is 7. The zero-order chi connectivity index (χ0) is 50.2. The predicted octanol–water partition coefficient (Wildman–Crippen LogP) is 16.6. The van der Waals surface area contributed by atoms with E-state index < -0.39 is 19.1 Å². The van der Waals surface area contributed by atoms with Crippen LogP contribution >= 0.6 is 0 Å². The van der Waals surface area contributed by atoms with Gasteiger partial charge in [0.25, 0.3) is 0 Å². The summed E-state index contributed by atoms with van der Waals surface area (Å²) in [5.41, 5.74) is 15.8. The van der Waals surface area contributed by atoms with Gasteiger partial charge in [-0.1, -0.05) is 185 Å². The molecule has 0 bridgehead atoms. The maximum Gasteiger partial charge on any atom is 0.0705 e. The van der Waals surface area contributed by atoms with Crippen molar-refractivity contribution in [1.29, 1.82) is 0 Å². The van der Waals surface area contributed by atoms with Crippen LogP contribution in [0.1, 0.15) is 45.7 Å². The summed E-state index contributed by atoms with van der Waals surface area (Å²) in [6, 6.07) is 65.5. The van der Waals surface area contributed by atoms with Crippen molar-refractivity contribution in [2.75, 3.05) is 0 Å². The van der Waals surface area contributed by atoms with Crippen LogP contribution in [0.2, 0.25) is 0 Å². The number of hydrogen-bond acceptors (Lipinski definition) is 3. The van der Waals surface area contributed by atoms with Gasteiger partial charge in [0.1, 0.15) is 0 Å². The Morgan fingerprint density at radius 2 is 0.515 bits per heavy atom. The van der Waals surface area contributed by atoms with E-state index in [-0.39, 0.29) is 0 Å². The smallest absolute Gasteiger partial charge is 0.0705 e. The van der Waals surface area contributed by atoms with Crippen LogP contribution in [0.25, 0.3) is 101 Å². The van der Waals surface area contributed by atoms with Gasteiger partial charge < -0.3 is 0 Å². The first kappa shape index (κ1) is 35.4. The van der Waals surface area contributed by atoms with Crippen LogP contribution in [-0.4, -0.2) is 15.0 Å². The maximum atomic E-state index is 9.12. The van der Waals surface area contributed by atoms with Gasteiger partial charge in [-0.15, -0.1) is 0 Å². The van der Waals surface area contributed by atoms with Gasteiger partial charge in [-0.3, -0.25) is 15.0 Å². The highest BCUT2D eigenvalue weighted by Crippen LogP contribution is 2.44. The van der Waals surface area contributed by atoms with Gasteiger partial charge in [-0.2, -0.15) is 0 Å². The molecule has 10 aromatic rings. The Balaban J connectivity index is 1.22. The van der Waals surface area contributed by atoms with Crippen LogP contribution in [0.15, 0.2) is 219 Å². The molecule has 0 fully saturated rings. The van der Waals surface area contributed by atoms with Crippen molar-refractivity contribution in [2.24, 2.45) is 0 Å². The van der Waals surface area contributed by atoms with Gasteiger partial charge in [-0.05, 0) is 122 Å². The summed E-state index contributed by atoms with van der Waals surface area (Å²) in [4.78, 5) is 14.8. The summed E-state index contributed by atoms with van der Waals surface area (Å²) in [6.45, 7) is 4.74. The van der Waals surface area contributed by atoms with Gasteiger partial charge in [0.15, 0.2) is 0 Å². The van der Waals surface area contributed by atoms with Crippen LogP contribution in [0.3, 0.4) is 0 Å². The number of rotatable bonds is 12. The molecular weight excluding hydrogens is 799 g/mol. The average molecular weight is 856 g/mol. The van der Waals surface area contributed by atoms with E-state index in [0.29, 0.717) is 50.5 Å². The van der Waals surface area contributed by atoms with E-state index >= 15 is 0 Å². The van der Waals surface area contributed by atoms with Crippen LogP contribution in [-0.2, 0) is 19.1 Å².